The van der Waals surface area contributed by atoms with Gasteiger partial charge in [-0.15, -0.1) is 23.2 Å². The highest BCUT2D eigenvalue weighted by atomic mass is 35.5. The molecule has 5 heteroatoms. The van der Waals surface area contributed by atoms with Crippen molar-refractivity contribution >= 4 is 33.0 Å². The Morgan fingerprint density at radius 1 is 1.40 bits per heavy atom. The first kappa shape index (κ1) is 10.7. The maximum Gasteiger partial charge on any atom is 0.244 e. The lowest BCUT2D eigenvalue weighted by molar-refractivity contribution is 0.288. The second-order valence-corrected chi connectivity index (χ2v) is 3.44. The van der Waals surface area contributed by atoms with Crippen LogP contribution in [0.15, 0.2) is 0 Å². The zero-order valence-electron chi connectivity index (χ0n) is 5.65. The highest BCUT2D eigenvalue weighted by Gasteiger charge is 2.04. The zero-order valence-corrected chi connectivity index (χ0v) is 8.16. The Morgan fingerprint density at radius 3 is 2.40 bits per heavy atom. The number of halogens is 2. The Labute approximate surface area is 74.0 Å². The molecular weight excluding hydrogens is 189 g/mol. The van der Waals surface area contributed by atoms with Gasteiger partial charge in [-0.3, -0.25) is 0 Å². The van der Waals surface area contributed by atoms with Gasteiger partial charge in [0.05, 0.1) is 0 Å². The molecule has 10 heavy (non-hydrogen) atoms. The summed E-state index contributed by atoms with van der Waals surface area (Å²) in [6.45, 7) is 0.628. The highest BCUT2D eigenvalue weighted by Crippen LogP contribution is 2.02. The Morgan fingerprint density at radius 2 is 2.00 bits per heavy atom. The van der Waals surface area contributed by atoms with E-state index in [0.717, 1.165) is 0 Å². The van der Waals surface area contributed by atoms with Crippen LogP contribution in [0.1, 0.15) is 0 Å². The van der Waals surface area contributed by atoms with E-state index < -0.39 is 0 Å². The fourth-order valence-electron chi connectivity index (χ4n) is 0.366. The summed E-state index contributed by atoms with van der Waals surface area (Å²) >= 11 is 11.1. The van der Waals surface area contributed by atoms with Gasteiger partial charge in [0.1, 0.15) is 0 Å². The average Bonchev–Trinajstić information content (AvgIpc) is 1.99. The van der Waals surface area contributed by atoms with Crippen LogP contribution in [0, 0.1) is 5.92 Å². The van der Waals surface area contributed by atoms with Crippen LogP contribution in [0.25, 0.3) is 0 Å². The predicted octanol–water partition coefficient (Wildman–Crippen LogP) is 0.632. The van der Waals surface area contributed by atoms with E-state index in [1.165, 1.54) is 0 Å². The van der Waals surface area contributed by atoms with E-state index >= 15 is 0 Å². The first-order valence-electron chi connectivity index (χ1n) is 3.01. The van der Waals surface area contributed by atoms with E-state index in [1.807, 2.05) is 0 Å². The monoisotopic (exact) mass is 199 g/mol. The number of rotatable bonds is 6. The molecule has 0 aromatic carbocycles. The molecule has 2 nitrogen and oxygen atoms in total. The normalized spacial score (nSPS) is 10.8. The lowest BCUT2D eigenvalue weighted by Crippen LogP contribution is -2.19. The molecule has 0 saturated heterocycles. The molecule has 0 aromatic rings. The molecule has 0 fully saturated rings. The van der Waals surface area contributed by atoms with Crippen molar-refractivity contribution in [3.63, 3.8) is 0 Å². The van der Waals surface area contributed by atoms with Gasteiger partial charge in [0.2, 0.25) is 9.76 Å². The Hall–Kier alpha value is 0.717. The van der Waals surface area contributed by atoms with Crippen LogP contribution >= 0.6 is 23.2 Å². The second kappa shape index (κ2) is 7.82. The standard InChI is InChI=1S/C5H11Cl2NOSi/c6-1-5(2-7)3-9-10-4-8/h5H,1-4,8H2. The van der Waals surface area contributed by atoms with Gasteiger partial charge in [-0.1, -0.05) is 0 Å². The second-order valence-electron chi connectivity index (χ2n) is 1.83. The predicted molar refractivity (Wildman–Crippen MR) is 45.7 cm³/mol. The fraction of sp³-hybridized carbons (Fsp3) is 1.00. The SMILES string of the molecule is NC[Si]OCC(CCl)CCl. The lowest BCUT2D eigenvalue weighted by Gasteiger charge is -2.08. The maximum atomic E-state index is 5.55. The van der Waals surface area contributed by atoms with Crippen molar-refractivity contribution in [2.75, 3.05) is 24.5 Å². The molecule has 0 rings (SSSR count). The molecule has 0 atom stereocenters. The summed E-state index contributed by atoms with van der Waals surface area (Å²) in [5.74, 6) is 1.37. The number of hydrogen-bond donors (Lipinski definition) is 1. The summed E-state index contributed by atoms with van der Waals surface area (Å²) in [4.78, 5) is 0. The molecule has 0 aromatic heterocycles. The van der Waals surface area contributed by atoms with Crippen molar-refractivity contribution in [3.05, 3.63) is 0 Å². The number of hydrogen-bond acceptors (Lipinski definition) is 2. The van der Waals surface area contributed by atoms with Gasteiger partial charge in [-0.25, -0.2) is 0 Å². The summed E-state index contributed by atoms with van der Waals surface area (Å²) < 4.78 is 5.16. The molecular formula is C5H11Cl2NOSi. The van der Waals surface area contributed by atoms with Crippen molar-refractivity contribution in [2.24, 2.45) is 11.7 Å². The van der Waals surface area contributed by atoms with E-state index in [9.17, 15) is 0 Å². The number of nitrogens with two attached hydrogens (primary N) is 1. The first-order valence-corrected chi connectivity index (χ1v) is 5.20. The molecule has 60 valence electrons. The molecule has 0 heterocycles. The maximum absolute atomic E-state index is 5.55. The molecule has 0 aliphatic rings. The summed E-state index contributed by atoms with van der Waals surface area (Å²) in [6.07, 6.45) is 0.581. The van der Waals surface area contributed by atoms with Crippen LogP contribution in [0.2, 0.25) is 0 Å². The minimum atomic E-state index is 0.266. The first-order chi connectivity index (χ1) is 4.85. The molecule has 0 amide bonds. The van der Waals surface area contributed by atoms with Gasteiger partial charge in [0.25, 0.3) is 0 Å². The van der Waals surface area contributed by atoms with E-state index in [0.29, 0.717) is 34.3 Å². The van der Waals surface area contributed by atoms with Crippen molar-refractivity contribution in [1.82, 2.24) is 0 Å². The third kappa shape index (κ3) is 5.50. The number of alkyl halides is 2. The van der Waals surface area contributed by atoms with Crippen LogP contribution in [0.5, 0.6) is 0 Å². The summed E-state index contributed by atoms with van der Waals surface area (Å²) in [7, 11) is 0.374. The fourth-order valence-corrected chi connectivity index (χ4v) is 1.35. The van der Waals surface area contributed by atoms with E-state index in [1.54, 1.807) is 0 Å². The van der Waals surface area contributed by atoms with Crippen molar-refractivity contribution < 1.29 is 4.43 Å². The average molecular weight is 200 g/mol. The van der Waals surface area contributed by atoms with Crippen LogP contribution < -0.4 is 5.73 Å². The molecule has 2 N–H and O–H groups in total. The molecule has 0 bridgehead atoms. The Kier molecular flexibility index (Phi) is 8.38. The smallest absolute Gasteiger partial charge is 0.244 e. The third-order valence-corrected chi connectivity index (χ3v) is 2.35. The van der Waals surface area contributed by atoms with Gasteiger partial charge >= 0.3 is 0 Å². The topological polar surface area (TPSA) is 35.2 Å². The Balaban J connectivity index is 3.09. The molecule has 0 spiro atoms. The van der Waals surface area contributed by atoms with Gasteiger partial charge in [-0.05, 0) is 0 Å². The van der Waals surface area contributed by atoms with Crippen LogP contribution in [-0.4, -0.2) is 34.3 Å². The van der Waals surface area contributed by atoms with Crippen LogP contribution in [0.3, 0.4) is 0 Å². The largest absolute Gasteiger partial charge is 0.416 e. The molecule has 0 aliphatic carbocycles. The molecule has 2 radical (unpaired) electrons. The lowest BCUT2D eigenvalue weighted by atomic mass is 10.2. The van der Waals surface area contributed by atoms with Gasteiger partial charge in [0, 0.05) is 30.5 Å². The van der Waals surface area contributed by atoms with Gasteiger partial charge < -0.3 is 10.2 Å². The van der Waals surface area contributed by atoms with Crippen molar-refractivity contribution in [1.29, 1.82) is 0 Å². The summed E-state index contributed by atoms with van der Waals surface area (Å²) in [5.41, 5.74) is 5.22. The summed E-state index contributed by atoms with van der Waals surface area (Å²) in [6, 6.07) is 0. The molecule has 0 aliphatic heterocycles. The third-order valence-electron chi connectivity index (χ3n) is 0.941. The van der Waals surface area contributed by atoms with E-state index in [-0.39, 0.29) is 5.92 Å². The minimum Gasteiger partial charge on any atom is -0.416 e. The van der Waals surface area contributed by atoms with Crippen molar-refractivity contribution in [2.45, 2.75) is 0 Å². The molecule has 0 saturated carbocycles. The summed E-state index contributed by atoms with van der Waals surface area (Å²) in [5, 5.41) is 0. The van der Waals surface area contributed by atoms with E-state index in [2.05, 4.69) is 0 Å². The zero-order chi connectivity index (χ0) is 7.82. The van der Waals surface area contributed by atoms with E-state index in [4.69, 9.17) is 33.4 Å². The van der Waals surface area contributed by atoms with Crippen molar-refractivity contribution in [3.8, 4) is 0 Å². The van der Waals surface area contributed by atoms with Gasteiger partial charge in [-0.2, -0.15) is 0 Å². The quantitative estimate of drug-likeness (QED) is 0.388. The van der Waals surface area contributed by atoms with Crippen LogP contribution in [-0.2, 0) is 4.43 Å². The van der Waals surface area contributed by atoms with Gasteiger partial charge in [0.15, 0.2) is 0 Å². The van der Waals surface area contributed by atoms with Crippen LogP contribution in [0.4, 0.5) is 0 Å². The highest BCUT2D eigenvalue weighted by molar-refractivity contribution is 6.27. The molecule has 0 unspecified atom stereocenters. The Bertz CT molecular complexity index is 72.7. The minimum absolute atomic E-state index is 0.266.